The highest BCUT2D eigenvalue weighted by Gasteiger charge is 2.10. The summed E-state index contributed by atoms with van der Waals surface area (Å²) in [6.07, 6.45) is 3.89. The van der Waals surface area contributed by atoms with Gasteiger partial charge >= 0.3 is 5.97 Å². The predicted molar refractivity (Wildman–Crippen MR) is 75.7 cm³/mol. The number of carbonyl (C=O) groups is 2. The maximum Gasteiger partial charge on any atom is 0.379 e. The summed E-state index contributed by atoms with van der Waals surface area (Å²) < 4.78 is 4.63. The Labute approximate surface area is 114 Å². The molecule has 0 bridgehead atoms. The first kappa shape index (κ1) is 15.2. The monoisotopic (exact) mass is 260 g/mol. The Bertz CT molecular complexity index is 473. The average Bonchev–Trinajstić information content (AvgIpc) is 2.36. The summed E-state index contributed by atoms with van der Waals surface area (Å²) in [5.74, 6) is -0.853. The zero-order chi connectivity index (χ0) is 14.3. The van der Waals surface area contributed by atoms with E-state index in [2.05, 4.69) is 24.7 Å². The summed E-state index contributed by atoms with van der Waals surface area (Å²) in [6.45, 7) is 6.20. The van der Waals surface area contributed by atoms with Gasteiger partial charge in [0, 0.05) is 0 Å². The first-order valence-corrected chi connectivity index (χ1v) is 6.51. The van der Waals surface area contributed by atoms with E-state index in [0.717, 1.165) is 12.0 Å². The van der Waals surface area contributed by atoms with Crippen LogP contribution < -0.4 is 0 Å². The summed E-state index contributed by atoms with van der Waals surface area (Å²) in [6, 6.07) is 7.93. The molecule has 0 aliphatic rings. The van der Waals surface area contributed by atoms with Gasteiger partial charge in [0.1, 0.15) is 0 Å². The van der Waals surface area contributed by atoms with Crippen LogP contribution in [0.25, 0.3) is 6.08 Å². The number of benzene rings is 1. The van der Waals surface area contributed by atoms with Gasteiger partial charge in [0.15, 0.2) is 0 Å². The third kappa shape index (κ3) is 5.51. The van der Waals surface area contributed by atoms with Crippen LogP contribution in [-0.4, -0.2) is 18.4 Å². The standard InChI is InChI=1S/C16H20O3/c1-4-19-16(18)15(17)9-8-13-6-5-7-14(11-13)10-12(2)3/h5-9,11-12H,4,10H2,1-3H3/b9-8+. The maximum absolute atomic E-state index is 11.4. The van der Waals surface area contributed by atoms with Crippen molar-refractivity contribution in [3.8, 4) is 0 Å². The molecule has 0 aromatic heterocycles. The van der Waals surface area contributed by atoms with E-state index in [1.807, 2.05) is 18.2 Å². The van der Waals surface area contributed by atoms with Gasteiger partial charge < -0.3 is 4.74 Å². The smallest absolute Gasteiger partial charge is 0.379 e. The molecule has 0 saturated heterocycles. The highest BCUT2D eigenvalue weighted by atomic mass is 16.5. The molecule has 0 fully saturated rings. The fraction of sp³-hybridized carbons (Fsp3) is 0.375. The second-order valence-electron chi connectivity index (χ2n) is 4.76. The summed E-state index contributed by atoms with van der Waals surface area (Å²) in [5.41, 5.74) is 2.14. The van der Waals surface area contributed by atoms with Gasteiger partial charge in [-0.15, -0.1) is 0 Å². The third-order valence-corrected chi connectivity index (χ3v) is 2.50. The van der Waals surface area contributed by atoms with Crippen LogP contribution in [0.1, 0.15) is 31.9 Å². The van der Waals surface area contributed by atoms with Crippen LogP contribution in [-0.2, 0) is 20.7 Å². The number of esters is 1. The molecule has 1 rings (SSSR count). The van der Waals surface area contributed by atoms with E-state index < -0.39 is 11.8 Å². The number of ketones is 1. The lowest BCUT2D eigenvalue weighted by Crippen LogP contribution is -2.14. The average molecular weight is 260 g/mol. The van der Waals surface area contributed by atoms with Crippen LogP contribution in [0.4, 0.5) is 0 Å². The van der Waals surface area contributed by atoms with Crippen molar-refractivity contribution in [2.75, 3.05) is 6.61 Å². The molecule has 19 heavy (non-hydrogen) atoms. The van der Waals surface area contributed by atoms with E-state index in [0.29, 0.717) is 5.92 Å². The summed E-state index contributed by atoms with van der Waals surface area (Å²) in [4.78, 5) is 22.6. The number of rotatable bonds is 6. The minimum atomic E-state index is -0.808. The molecule has 3 heteroatoms. The summed E-state index contributed by atoms with van der Waals surface area (Å²) in [5, 5.41) is 0. The SMILES string of the molecule is CCOC(=O)C(=O)/C=C/c1cccc(CC(C)C)c1. The molecule has 0 saturated carbocycles. The third-order valence-electron chi connectivity index (χ3n) is 2.50. The van der Waals surface area contributed by atoms with Crippen molar-refractivity contribution >= 4 is 17.8 Å². The van der Waals surface area contributed by atoms with Crippen LogP contribution in [0.3, 0.4) is 0 Å². The number of hydrogen-bond donors (Lipinski definition) is 0. The van der Waals surface area contributed by atoms with E-state index >= 15 is 0 Å². The van der Waals surface area contributed by atoms with E-state index in [1.54, 1.807) is 13.0 Å². The Morgan fingerprint density at radius 3 is 2.68 bits per heavy atom. The first-order chi connectivity index (χ1) is 9.02. The van der Waals surface area contributed by atoms with E-state index in [-0.39, 0.29) is 6.61 Å². The molecule has 0 spiro atoms. The van der Waals surface area contributed by atoms with Crippen molar-refractivity contribution in [3.63, 3.8) is 0 Å². The minimum absolute atomic E-state index is 0.211. The molecular formula is C16H20O3. The molecule has 1 aromatic rings. The summed E-state index contributed by atoms with van der Waals surface area (Å²) >= 11 is 0. The van der Waals surface area contributed by atoms with Crippen LogP contribution >= 0.6 is 0 Å². The first-order valence-electron chi connectivity index (χ1n) is 6.51. The molecule has 0 amide bonds. The molecule has 0 heterocycles. The Hall–Kier alpha value is -1.90. The zero-order valence-corrected chi connectivity index (χ0v) is 11.7. The lowest BCUT2D eigenvalue weighted by Gasteiger charge is -2.05. The van der Waals surface area contributed by atoms with E-state index in [1.165, 1.54) is 11.6 Å². The van der Waals surface area contributed by atoms with Gasteiger partial charge in [0.05, 0.1) is 6.61 Å². The Balaban J connectivity index is 2.71. The fourth-order valence-corrected chi connectivity index (χ4v) is 1.74. The lowest BCUT2D eigenvalue weighted by molar-refractivity contribution is -0.151. The van der Waals surface area contributed by atoms with Crippen LogP contribution in [0.2, 0.25) is 0 Å². The predicted octanol–water partition coefficient (Wildman–Crippen LogP) is 3.03. The van der Waals surface area contributed by atoms with Gasteiger partial charge in [-0.25, -0.2) is 4.79 Å². The van der Waals surface area contributed by atoms with Crippen LogP contribution in [0.5, 0.6) is 0 Å². The van der Waals surface area contributed by atoms with Crippen LogP contribution in [0, 0.1) is 5.92 Å². The Kier molecular flexibility index (Phi) is 6.00. The zero-order valence-electron chi connectivity index (χ0n) is 11.7. The quantitative estimate of drug-likeness (QED) is 0.448. The van der Waals surface area contributed by atoms with Gasteiger partial charge in [-0.2, -0.15) is 0 Å². The molecule has 0 aliphatic carbocycles. The van der Waals surface area contributed by atoms with Crippen LogP contribution in [0.15, 0.2) is 30.3 Å². The lowest BCUT2D eigenvalue weighted by atomic mass is 10.0. The number of hydrogen-bond acceptors (Lipinski definition) is 3. The number of carbonyl (C=O) groups excluding carboxylic acids is 2. The minimum Gasteiger partial charge on any atom is -0.460 e. The Morgan fingerprint density at radius 1 is 1.32 bits per heavy atom. The molecular weight excluding hydrogens is 240 g/mol. The van der Waals surface area contributed by atoms with Gasteiger partial charge in [-0.3, -0.25) is 4.79 Å². The molecule has 0 radical (unpaired) electrons. The van der Waals surface area contributed by atoms with Crippen molar-refractivity contribution < 1.29 is 14.3 Å². The topological polar surface area (TPSA) is 43.4 Å². The van der Waals surface area contributed by atoms with Gasteiger partial charge in [-0.1, -0.05) is 44.2 Å². The molecule has 0 atom stereocenters. The summed E-state index contributed by atoms with van der Waals surface area (Å²) in [7, 11) is 0. The highest BCUT2D eigenvalue weighted by Crippen LogP contribution is 2.11. The second-order valence-corrected chi connectivity index (χ2v) is 4.76. The van der Waals surface area contributed by atoms with Gasteiger partial charge in [0.25, 0.3) is 5.78 Å². The highest BCUT2D eigenvalue weighted by molar-refractivity contribution is 6.39. The normalized spacial score (nSPS) is 10.9. The molecule has 0 aliphatic heterocycles. The van der Waals surface area contributed by atoms with Crippen molar-refractivity contribution in [1.29, 1.82) is 0 Å². The van der Waals surface area contributed by atoms with Gasteiger partial charge in [-0.05, 0) is 36.5 Å². The van der Waals surface area contributed by atoms with E-state index in [4.69, 9.17) is 0 Å². The van der Waals surface area contributed by atoms with Gasteiger partial charge in [0.2, 0.25) is 0 Å². The molecule has 1 aromatic carbocycles. The fourth-order valence-electron chi connectivity index (χ4n) is 1.74. The van der Waals surface area contributed by atoms with Crippen molar-refractivity contribution in [2.24, 2.45) is 5.92 Å². The largest absolute Gasteiger partial charge is 0.460 e. The number of ether oxygens (including phenoxy) is 1. The molecule has 3 nitrogen and oxygen atoms in total. The Morgan fingerprint density at radius 2 is 2.05 bits per heavy atom. The van der Waals surface area contributed by atoms with Crippen molar-refractivity contribution in [3.05, 3.63) is 41.5 Å². The molecule has 102 valence electrons. The molecule has 0 unspecified atom stereocenters. The van der Waals surface area contributed by atoms with Crippen molar-refractivity contribution in [2.45, 2.75) is 27.2 Å². The second kappa shape index (κ2) is 7.52. The van der Waals surface area contributed by atoms with E-state index in [9.17, 15) is 9.59 Å². The van der Waals surface area contributed by atoms with Crippen molar-refractivity contribution in [1.82, 2.24) is 0 Å². The molecule has 0 N–H and O–H groups in total. The maximum atomic E-state index is 11.4.